The quantitative estimate of drug-likeness (QED) is 0.889. The van der Waals surface area contributed by atoms with Crippen LogP contribution >= 0.6 is 0 Å². The highest BCUT2D eigenvalue weighted by atomic mass is 19.1. The van der Waals surface area contributed by atoms with Crippen LogP contribution in [0.4, 0.5) is 4.39 Å². The molecule has 0 amide bonds. The van der Waals surface area contributed by atoms with Crippen molar-refractivity contribution in [1.82, 2.24) is 4.90 Å². The van der Waals surface area contributed by atoms with Gasteiger partial charge >= 0.3 is 0 Å². The molecule has 100 valence electrons. The second-order valence-corrected chi connectivity index (χ2v) is 5.33. The highest BCUT2D eigenvalue weighted by Gasteiger charge is 2.34. The minimum Gasteiger partial charge on any atom is -0.330 e. The molecule has 2 rings (SSSR count). The van der Waals surface area contributed by atoms with E-state index in [2.05, 4.69) is 11.8 Å². The van der Waals surface area contributed by atoms with Gasteiger partial charge in [0.25, 0.3) is 0 Å². The van der Waals surface area contributed by atoms with Gasteiger partial charge in [0.15, 0.2) is 0 Å². The van der Waals surface area contributed by atoms with Gasteiger partial charge < -0.3 is 10.6 Å². The van der Waals surface area contributed by atoms with E-state index in [4.69, 9.17) is 5.73 Å². The van der Waals surface area contributed by atoms with Gasteiger partial charge in [-0.25, -0.2) is 4.39 Å². The molecule has 1 saturated heterocycles. The van der Waals surface area contributed by atoms with Gasteiger partial charge in [-0.05, 0) is 56.6 Å². The minimum atomic E-state index is -0.172. The van der Waals surface area contributed by atoms with Crippen LogP contribution in [0.15, 0.2) is 24.3 Å². The molecule has 2 N–H and O–H groups in total. The van der Waals surface area contributed by atoms with Gasteiger partial charge in [-0.3, -0.25) is 0 Å². The van der Waals surface area contributed by atoms with Crippen molar-refractivity contribution in [1.29, 1.82) is 0 Å². The molecule has 1 aliphatic heterocycles. The summed E-state index contributed by atoms with van der Waals surface area (Å²) in [5.41, 5.74) is 7.27. The lowest BCUT2D eigenvalue weighted by atomic mass is 9.73. The lowest BCUT2D eigenvalue weighted by Crippen LogP contribution is -2.46. The van der Waals surface area contributed by atoms with Gasteiger partial charge in [0, 0.05) is 12.0 Å². The summed E-state index contributed by atoms with van der Waals surface area (Å²) < 4.78 is 13.0. The Kier molecular flexibility index (Phi) is 4.36. The zero-order valence-electron chi connectivity index (χ0n) is 11.2. The lowest BCUT2D eigenvalue weighted by molar-refractivity contribution is 0.162. The van der Waals surface area contributed by atoms with Crippen LogP contribution in [0.2, 0.25) is 0 Å². The number of likely N-dealkylation sites (tertiary alicyclic amines) is 1. The fraction of sp³-hybridized carbons (Fsp3) is 0.600. The first kappa shape index (κ1) is 13.5. The first-order valence-electron chi connectivity index (χ1n) is 6.89. The zero-order chi connectivity index (χ0) is 13.0. The van der Waals surface area contributed by atoms with Gasteiger partial charge in [-0.2, -0.15) is 0 Å². The van der Waals surface area contributed by atoms with Crippen LogP contribution in [-0.4, -0.2) is 31.1 Å². The topological polar surface area (TPSA) is 29.3 Å². The SMILES string of the molecule is CCCN1CCC(CN)(c2ccc(F)cc2)CC1. The molecule has 2 nitrogen and oxygen atoms in total. The molecular formula is C15H23FN2. The molecule has 1 heterocycles. The number of halogens is 1. The van der Waals surface area contributed by atoms with E-state index in [-0.39, 0.29) is 11.2 Å². The molecular weight excluding hydrogens is 227 g/mol. The second kappa shape index (κ2) is 5.81. The van der Waals surface area contributed by atoms with Crippen LogP contribution in [0, 0.1) is 5.82 Å². The molecule has 3 heteroatoms. The largest absolute Gasteiger partial charge is 0.330 e. The zero-order valence-corrected chi connectivity index (χ0v) is 11.2. The van der Waals surface area contributed by atoms with E-state index in [1.165, 1.54) is 18.5 Å². The van der Waals surface area contributed by atoms with Gasteiger partial charge in [0.2, 0.25) is 0 Å². The van der Waals surface area contributed by atoms with Crippen LogP contribution in [0.3, 0.4) is 0 Å². The smallest absolute Gasteiger partial charge is 0.123 e. The van der Waals surface area contributed by atoms with E-state index in [0.717, 1.165) is 25.9 Å². The van der Waals surface area contributed by atoms with Crippen molar-refractivity contribution in [3.63, 3.8) is 0 Å². The third kappa shape index (κ3) is 2.73. The fourth-order valence-electron chi connectivity index (χ4n) is 2.93. The normalized spacial score (nSPS) is 19.9. The van der Waals surface area contributed by atoms with Gasteiger partial charge in [0.1, 0.15) is 5.82 Å². The summed E-state index contributed by atoms with van der Waals surface area (Å²) in [6, 6.07) is 6.89. The summed E-state index contributed by atoms with van der Waals surface area (Å²) >= 11 is 0. The average Bonchev–Trinajstić information content (AvgIpc) is 2.41. The van der Waals surface area contributed by atoms with Crippen LogP contribution in [0.5, 0.6) is 0 Å². The van der Waals surface area contributed by atoms with E-state index in [9.17, 15) is 4.39 Å². The van der Waals surface area contributed by atoms with Crippen LogP contribution in [-0.2, 0) is 5.41 Å². The van der Waals surface area contributed by atoms with Gasteiger partial charge in [-0.15, -0.1) is 0 Å². The van der Waals surface area contributed by atoms with Crippen LogP contribution in [0.1, 0.15) is 31.7 Å². The third-order valence-corrected chi connectivity index (χ3v) is 4.20. The van der Waals surface area contributed by atoms with Gasteiger partial charge in [0.05, 0.1) is 0 Å². The van der Waals surface area contributed by atoms with Gasteiger partial charge in [-0.1, -0.05) is 19.1 Å². The summed E-state index contributed by atoms with van der Waals surface area (Å²) in [6.07, 6.45) is 3.36. The summed E-state index contributed by atoms with van der Waals surface area (Å²) in [5.74, 6) is -0.172. The highest BCUT2D eigenvalue weighted by Crippen LogP contribution is 2.34. The Morgan fingerprint density at radius 3 is 2.33 bits per heavy atom. The van der Waals surface area contributed by atoms with Crippen molar-refractivity contribution < 1.29 is 4.39 Å². The van der Waals surface area contributed by atoms with Crippen LogP contribution < -0.4 is 5.73 Å². The number of piperidine rings is 1. The minimum absolute atomic E-state index is 0.0535. The molecule has 0 radical (unpaired) electrons. The Balaban J connectivity index is 2.11. The van der Waals surface area contributed by atoms with Crippen molar-refractivity contribution in [2.24, 2.45) is 5.73 Å². The predicted octanol–water partition coefficient (Wildman–Crippen LogP) is 2.53. The monoisotopic (exact) mass is 250 g/mol. The standard InChI is InChI=1S/C15H23FN2/c1-2-9-18-10-7-15(12-17,8-11-18)13-3-5-14(16)6-4-13/h3-6H,2,7-12,17H2,1H3. The van der Waals surface area contributed by atoms with Crippen molar-refractivity contribution in [2.45, 2.75) is 31.6 Å². The molecule has 0 unspecified atom stereocenters. The number of hydrogen-bond donors (Lipinski definition) is 1. The molecule has 0 saturated carbocycles. The summed E-state index contributed by atoms with van der Waals surface area (Å²) in [7, 11) is 0. The van der Waals surface area contributed by atoms with E-state index >= 15 is 0 Å². The van der Waals surface area contributed by atoms with E-state index in [1.807, 2.05) is 12.1 Å². The summed E-state index contributed by atoms with van der Waals surface area (Å²) in [4.78, 5) is 2.50. The molecule has 0 spiro atoms. The Morgan fingerprint density at radius 2 is 1.83 bits per heavy atom. The van der Waals surface area contributed by atoms with E-state index < -0.39 is 0 Å². The summed E-state index contributed by atoms with van der Waals surface area (Å²) in [6.45, 7) is 6.23. The average molecular weight is 250 g/mol. The van der Waals surface area contributed by atoms with Crippen molar-refractivity contribution >= 4 is 0 Å². The molecule has 18 heavy (non-hydrogen) atoms. The Labute approximate surface area is 109 Å². The lowest BCUT2D eigenvalue weighted by Gasteiger charge is -2.41. The summed E-state index contributed by atoms with van der Waals surface area (Å²) in [5, 5.41) is 0. The fourth-order valence-corrected chi connectivity index (χ4v) is 2.93. The molecule has 1 aromatic rings. The number of hydrogen-bond acceptors (Lipinski definition) is 2. The first-order chi connectivity index (χ1) is 8.70. The first-order valence-corrected chi connectivity index (χ1v) is 6.89. The van der Waals surface area contributed by atoms with E-state index in [1.54, 1.807) is 12.1 Å². The molecule has 1 aromatic carbocycles. The van der Waals surface area contributed by atoms with E-state index in [0.29, 0.717) is 6.54 Å². The number of benzene rings is 1. The molecule has 1 aliphatic rings. The Hall–Kier alpha value is -0.930. The van der Waals surface area contributed by atoms with Crippen LogP contribution in [0.25, 0.3) is 0 Å². The molecule has 0 aliphatic carbocycles. The maximum absolute atomic E-state index is 13.0. The predicted molar refractivity (Wildman–Crippen MR) is 73.1 cm³/mol. The molecule has 0 bridgehead atoms. The number of nitrogens with two attached hydrogens (primary N) is 1. The molecule has 0 atom stereocenters. The third-order valence-electron chi connectivity index (χ3n) is 4.20. The molecule has 0 aromatic heterocycles. The second-order valence-electron chi connectivity index (χ2n) is 5.33. The van der Waals surface area contributed by atoms with Crippen molar-refractivity contribution in [2.75, 3.05) is 26.2 Å². The maximum Gasteiger partial charge on any atom is 0.123 e. The number of nitrogens with zero attached hydrogens (tertiary/aromatic N) is 1. The Morgan fingerprint density at radius 1 is 1.22 bits per heavy atom. The Bertz CT molecular complexity index is 367. The molecule has 1 fully saturated rings. The highest BCUT2D eigenvalue weighted by molar-refractivity contribution is 5.27. The maximum atomic E-state index is 13.0. The number of rotatable bonds is 4. The van der Waals surface area contributed by atoms with Crippen molar-refractivity contribution in [3.8, 4) is 0 Å². The van der Waals surface area contributed by atoms with Crippen molar-refractivity contribution in [3.05, 3.63) is 35.6 Å².